The minimum atomic E-state index is -2.24. The second-order valence-electron chi connectivity index (χ2n) is 22.3. The minimum absolute atomic E-state index is 0. The van der Waals surface area contributed by atoms with E-state index in [1.54, 1.807) is 0 Å². The molecule has 0 radical (unpaired) electrons. The van der Waals surface area contributed by atoms with Crippen molar-refractivity contribution in [1.29, 1.82) is 0 Å². The Kier molecular flexibility index (Phi) is 13.1. The van der Waals surface area contributed by atoms with Gasteiger partial charge in [-0.05, 0) is 135 Å². The van der Waals surface area contributed by atoms with E-state index < -0.39 is 6.85 Å². The van der Waals surface area contributed by atoms with Crippen LogP contribution in [0.4, 0.5) is 17.1 Å². The molecule has 3 heterocycles. The van der Waals surface area contributed by atoms with Gasteiger partial charge in [-0.2, -0.15) is 37.0 Å². The van der Waals surface area contributed by atoms with Crippen LogP contribution in [0, 0.1) is 25.7 Å². The average molecular weight is 1130 g/mol. The van der Waals surface area contributed by atoms with Crippen molar-refractivity contribution in [3.63, 3.8) is 0 Å². The Morgan fingerprint density at radius 2 is 1.33 bits per heavy atom. The number of ether oxygens (including phenoxy) is 1. The largest absolute Gasteiger partial charge is 0.517 e. The van der Waals surface area contributed by atoms with E-state index in [0.717, 1.165) is 97.5 Å². The fourth-order valence-corrected chi connectivity index (χ4v) is 9.86. The molecule has 0 atom stereocenters. The van der Waals surface area contributed by atoms with E-state index in [9.17, 15) is 0 Å². The van der Waals surface area contributed by atoms with Crippen molar-refractivity contribution in [1.82, 2.24) is 9.55 Å². The van der Waals surface area contributed by atoms with Crippen LogP contribution in [0.15, 0.2) is 158 Å². The van der Waals surface area contributed by atoms with E-state index in [-0.39, 0.29) is 37.3 Å². The first kappa shape index (κ1) is 46.6. The first-order valence-electron chi connectivity index (χ1n) is 26.7. The van der Waals surface area contributed by atoms with Crippen molar-refractivity contribution < 1.29 is 29.9 Å². The molecule has 370 valence electrons. The van der Waals surface area contributed by atoms with E-state index in [0.29, 0.717) is 24.3 Å². The number of fused-ring (bicyclic) bond motifs is 4. The third-order valence-corrected chi connectivity index (χ3v) is 14.0. The molecule has 7 aromatic carbocycles. The zero-order valence-corrected chi connectivity index (χ0v) is 45.4. The molecule has 0 amide bonds. The third-order valence-electron chi connectivity index (χ3n) is 14.0. The Labute approximate surface area is 447 Å². The number of pyridine rings is 1. The second kappa shape index (κ2) is 20.2. The molecule has 0 N–H and O–H groups in total. The zero-order valence-electron chi connectivity index (χ0n) is 46.1. The standard InChI is InChI=1S/C66H67N4O.Pt/c1-45-37-52(66(8,9)10)40-57(48-26-29-50(30-27-48)64(2,3)4)55(45)23-16-17-36-68-44-69(61-25-15-14-24-60(61)68)53-22-18-19-46(38-53)43-71-54-31-32-56-58-39-49(47-20-12-11-13-21-47)28-33-59(58)70(62(56)42-54)63-41-51(34-35-67-63)65(5,6)7;/h11-15,18-22,24-35,37,39-41,44H,16-17,23,36,43H2,1-10H3;/q-3;/i1D3;. The number of unbranched alkanes of at least 4 members (excludes halogenated alkanes) is 1. The Bertz CT molecular complexity index is 3490. The van der Waals surface area contributed by atoms with Gasteiger partial charge >= 0.3 is 0 Å². The molecule has 2 aromatic heterocycles. The fourth-order valence-electron chi connectivity index (χ4n) is 9.86. The van der Waals surface area contributed by atoms with Crippen LogP contribution in [-0.2, 0) is 50.3 Å². The molecular weight excluding hydrogens is 1060 g/mol. The summed E-state index contributed by atoms with van der Waals surface area (Å²) in [6.07, 6.45) is 4.26. The summed E-state index contributed by atoms with van der Waals surface area (Å²) in [5.41, 5.74) is 15.0. The van der Waals surface area contributed by atoms with Crippen LogP contribution in [0.1, 0.15) is 113 Å². The van der Waals surface area contributed by atoms with E-state index in [1.807, 2.05) is 24.4 Å². The van der Waals surface area contributed by atoms with Gasteiger partial charge in [0.25, 0.3) is 0 Å². The zero-order chi connectivity index (χ0) is 52.2. The molecule has 0 bridgehead atoms. The Morgan fingerprint density at radius 1 is 0.611 bits per heavy atom. The van der Waals surface area contributed by atoms with Gasteiger partial charge in [0.2, 0.25) is 0 Å². The molecule has 6 heteroatoms. The monoisotopic (exact) mass is 1130 g/mol. The molecule has 5 nitrogen and oxygen atoms in total. The van der Waals surface area contributed by atoms with E-state index >= 15 is 0 Å². The van der Waals surface area contributed by atoms with E-state index in [4.69, 9.17) is 13.8 Å². The maximum Gasteiger partial charge on any atom is 0.135 e. The van der Waals surface area contributed by atoms with Gasteiger partial charge in [-0.1, -0.05) is 159 Å². The topological polar surface area (TPSA) is 33.5 Å². The molecule has 1 aliphatic heterocycles. The van der Waals surface area contributed by atoms with Gasteiger partial charge in [0.1, 0.15) is 5.82 Å². The van der Waals surface area contributed by atoms with E-state index in [1.165, 1.54) is 16.7 Å². The summed E-state index contributed by atoms with van der Waals surface area (Å²) in [5, 5.41) is 2.21. The number of hydrogen-bond donors (Lipinski definition) is 0. The van der Waals surface area contributed by atoms with Gasteiger partial charge in [-0.15, -0.1) is 28.8 Å². The van der Waals surface area contributed by atoms with Crippen LogP contribution in [-0.4, -0.2) is 16.1 Å². The quantitative estimate of drug-likeness (QED) is 0.0902. The number of aryl methyl sites for hydroxylation is 1. The summed E-state index contributed by atoms with van der Waals surface area (Å²) in [6.45, 7) is 20.8. The molecule has 72 heavy (non-hydrogen) atoms. The van der Waals surface area contributed by atoms with Crippen LogP contribution in [0.5, 0.6) is 5.75 Å². The summed E-state index contributed by atoms with van der Waals surface area (Å²) in [7, 11) is 0. The van der Waals surface area contributed by atoms with Crippen molar-refractivity contribution >= 4 is 38.9 Å². The number of hydrogen-bond acceptors (Lipinski definition) is 4. The van der Waals surface area contributed by atoms with E-state index in [2.05, 4.69) is 229 Å². The molecule has 1 aliphatic rings. The summed E-state index contributed by atoms with van der Waals surface area (Å²) in [4.78, 5) is 9.42. The number of nitrogens with zero attached hydrogens (tertiary/aromatic N) is 4. The SMILES string of the molecule is [2H]C([2H])([2H])c1cc(C(C)(C)C)cc(-c2ccc(C(C)(C)C)cc2)c1CCCCN1[CH-]N(c2[c-]c(COc3[c-]c4c(cc3)c3cc(-c5ccccc5)ccc3n4-c3cc(C(C)(C)C)ccn3)ccc2)c2ccccc21.[Pt]. The first-order valence-corrected chi connectivity index (χ1v) is 25.2. The van der Waals surface area contributed by atoms with Crippen molar-refractivity contribution in [3.8, 4) is 33.8 Å². The summed E-state index contributed by atoms with van der Waals surface area (Å²) in [5.74, 6) is 1.48. The predicted octanol–water partition coefficient (Wildman–Crippen LogP) is 17.0. The maximum atomic E-state index is 8.71. The number of aromatic nitrogens is 2. The van der Waals surface area contributed by atoms with Gasteiger partial charge in [0, 0.05) is 54.0 Å². The molecule has 9 aromatic rings. The van der Waals surface area contributed by atoms with Gasteiger partial charge in [0.05, 0.1) is 6.61 Å². The first-order chi connectivity index (χ1) is 35.2. The summed E-state index contributed by atoms with van der Waals surface area (Å²) >= 11 is 0. The molecule has 0 aliphatic carbocycles. The molecule has 0 unspecified atom stereocenters. The maximum absolute atomic E-state index is 8.71. The van der Waals surface area contributed by atoms with Crippen LogP contribution in [0.3, 0.4) is 0 Å². The summed E-state index contributed by atoms with van der Waals surface area (Å²) < 4.78 is 34.9. The molecular formula is C66H67N4OPt-3. The molecule has 10 rings (SSSR count). The van der Waals surface area contributed by atoms with Crippen molar-refractivity contribution in [3.05, 3.63) is 210 Å². The molecule has 0 saturated heterocycles. The average Bonchev–Trinajstić information content (AvgIpc) is 3.91. The molecule has 0 spiro atoms. The van der Waals surface area contributed by atoms with Gasteiger partial charge < -0.3 is 19.1 Å². The van der Waals surface area contributed by atoms with Gasteiger partial charge in [0.15, 0.2) is 0 Å². The Balaban J connectivity index is 0.00000689. The minimum Gasteiger partial charge on any atom is -0.517 e. The number of para-hydroxylation sites is 2. The van der Waals surface area contributed by atoms with Crippen LogP contribution in [0.25, 0.3) is 49.9 Å². The summed E-state index contributed by atoms with van der Waals surface area (Å²) in [6, 6.07) is 60.5. The number of benzene rings is 7. The Morgan fingerprint density at radius 3 is 2.07 bits per heavy atom. The van der Waals surface area contributed by atoms with Crippen molar-refractivity contribution in [2.24, 2.45) is 0 Å². The predicted molar refractivity (Wildman–Crippen MR) is 298 cm³/mol. The smallest absolute Gasteiger partial charge is 0.135 e. The van der Waals surface area contributed by atoms with Crippen LogP contribution in [0.2, 0.25) is 0 Å². The number of rotatable bonds is 12. The Hall–Kier alpha value is -6.42. The van der Waals surface area contributed by atoms with Crippen molar-refractivity contribution in [2.75, 3.05) is 16.3 Å². The number of anilines is 3. The van der Waals surface area contributed by atoms with Crippen LogP contribution < -0.4 is 14.5 Å². The molecule has 0 saturated carbocycles. The van der Waals surface area contributed by atoms with Crippen molar-refractivity contribution in [2.45, 2.75) is 111 Å². The third kappa shape index (κ3) is 10.4. The molecule has 0 fully saturated rings. The van der Waals surface area contributed by atoms with Gasteiger partial charge in [-0.25, -0.2) is 4.98 Å². The second-order valence-corrected chi connectivity index (χ2v) is 22.3. The normalized spacial score (nSPS) is 13.7. The fraction of sp³-hybridized carbons (Fsp3) is 0.273. The van der Waals surface area contributed by atoms with Crippen LogP contribution >= 0.6 is 0 Å². The van der Waals surface area contributed by atoms with Gasteiger partial charge in [-0.3, -0.25) is 0 Å².